The summed E-state index contributed by atoms with van der Waals surface area (Å²) in [5, 5.41) is 0. The monoisotopic (exact) mass is 1050 g/mol. The number of carbonyl (C=O) groups is 3. The molecular formula is C69H126O6. The van der Waals surface area contributed by atoms with Gasteiger partial charge in [-0.05, 0) is 77.0 Å². The number of allylic oxidation sites excluding steroid dienone is 8. The van der Waals surface area contributed by atoms with Gasteiger partial charge < -0.3 is 14.2 Å². The first-order valence-corrected chi connectivity index (χ1v) is 33.1. The number of ether oxygens (including phenoxy) is 3. The highest BCUT2D eigenvalue weighted by Crippen LogP contribution is 2.18. The first-order chi connectivity index (χ1) is 37.0. The minimum absolute atomic E-state index is 0.0778. The Hall–Kier alpha value is -2.63. The third-order valence-corrected chi connectivity index (χ3v) is 14.8. The normalized spacial score (nSPS) is 12.3. The maximum absolute atomic E-state index is 12.9. The second-order valence-corrected chi connectivity index (χ2v) is 22.4. The summed E-state index contributed by atoms with van der Waals surface area (Å²) >= 11 is 0. The molecule has 0 aliphatic rings. The van der Waals surface area contributed by atoms with Crippen molar-refractivity contribution in [2.24, 2.45) is 0 Å². The molecule has 75 heavy (non-hydrogen) atoms. The second-order valence-electron chi connectivity index (χ2n) is 22.4. The molecule has 1 atom stereocenters. The number of carbonyl (C=O) groups excluding carboxylic acids is 3. The van der Waals surface area contributed by atoms with Crippen molar-refractivity contribution in [2.45, 2.75) is 361 Å². The minimum atomic E-state index is -0.782. The van der Waals surface area contributed by atoms with Crippen LogP contribution in [0.2, 0.25) is 0 Å². The molecule has 6 nitrogen and oxygen atoms in total. The molecule has 0 rings (SSSR count). The first kappa shape index (κ1) is 72.4. The summed E-state index contributed by atoms with van der Waals surface area (Å²) in [5.74, 6) is -0.881. The highest BCUT2D eigenvalue weighted by atomic mass is 16.6. The fourth-order valence-electron chi connectivity index (χ4n) is 9.79. The Kier molecular flexibility index (Phi) is 61.7. The molecule has 0 aromatic rings. The van der Waals surface area contributed by atoms with Gasteiger partial charge in [-0.2, -0.15) is 0 Å². The van der Waals surface area contributed by atoms with Crippen molar-refractivity contribution >= 4 is 17.9 Å². The van der Waals surface area contributed by atoms with Gasteiger partial charge in [0.15, 0.2) is 6.10 Å². The van der Waals surface area contributed by atoms with Crippen molar-refractivity contribution in [3.05, 3.63) is 48.6 Å². The van der Waals surface area contributed by atoms with Crippen LogP contribution in [0.15, 0.2) is 48.6 Å². The molecule has 0 saturated heterocycles. The Morgan fingerprint density at radius 2 is 0.493 bits per heavy atom. The lowest BCUT2D eigenvalue weighted by Gasteiger charge is -2.18. The molecule has 0 bridgehead atoms. The average Bonchev–Trinajstić information content (AvgIpc) is 3.41. The highest BCUT2D eigenvalue weighted by molar-refractivity contribution is 5.71. The van der Waals surface area contributed by atoms with Crippen LogP contribution in [-0.4, -0.2) is 37.2 Å². The third kappa shape index (κ3) is 62.1. The SMILES string of the molecule is CCCC/C=C\CCCCCCCC(=O)OCC(COC(=O)CCCCCCCCCCCCCCCCCCCCCCCCCCC)OC(=O)CCCCCCCC/C=C\C/C=C\C/C=C\CCCCCCC. The van der Waals surface area contributed by atoms with Crippen molar-refractivity contribution in [1.29, 1.82) is 0 Å². The molecular weight excluding hydrogens is 925 g/mol. The van der Waals surface area contributed by atoms with Gasteiger partial charge in [0.2, 0.25) is 0 Å². The van der Waals surface area contributed by atoms with Gasteiger partial charge in [0.25, 0.3) is 0 Å². The number of hydrogen-bond donors (Lipinski definition) is 0. The molecule has 1 unspecified atom stereocenters. The zero-order valence-electron chi connectivity index (χ0n) is 50.3. The Morgan fingerprint density at radius 3 is 0.800 bits per heavy atom. The molecule has 0 aromatic heterocycles. The summed E-state index contributed by atoms with van der Waals surface area (Å²) in [6.45, 7) is 6.63. The predicted octanol–water partition coefficient (Wildman–Crippen LogP) is 22.6. The van der Waals surface area contributed by atoms with Crippen LogP contribution in [-0.2, 0) is 28.6 Å². The lowest BCUT2D eigenvalue weighted by molar-refractivity contribution is -0.167. The fourth-order valence-corrected chi connectivity index (χ4v) is 9.79. The van der Waals surface area contributed by atoms with Gasteiger partial charge in [0.1, 0.15) is 13.2 Å². The first-order valence-electron chi connectivity index (χ1n) is 33.1. The maximum atomic E-state index is 12.9. The van der Waals surface area contributed by atoms with Crippen LogP contribution in [0.5, 0.6) is 0 Å². The molecule has 0 amide bonds. The van der Waals surface area contributed by atoms with E-state index in [0.717, 1.165) is 83.5 Å². The smallest absolute Gasteiger partial charge is 0.306 e. The van der Waals surface area contributed by atoms with Gasteiger partial charge in [-0.25, -0.2) is 0 Å². The third-order valence-electron chi connectivity index (χ3n) is 14.8. The Bertz CT molecular complexity index is 1300. The summed E-state index contributed by atoms with van der Waals surface area (Å²) in [6.07, 6.45) is 79.9. The van der Waals surface area contributed by atoms with E-state index in [4.69, 9.17) is 14.2 Å². The molecule has 6 heteroatoms. The van der Waals surface area contributed by atoms with Gasteiger partial charge in [0, 0.05) is 19.3 Å². The van der Waals surface area contributed by atoms with Gasteiger partial charge in [-0.1, -0.05) is 307 Å². The van der Waals surface area contributed by atoms with Crippen molar-refractivity contribution in [3.8, 4) is 0 Å². The summed E-state index contributed by atoms with van der Waals surface area (Å²) in [4.78, 5) is 38.3. The van der Waals surface area contributed by atoms with E-state index in [2.05, 4.69) is 69.4 Å². The molecule has 0 aliphatic carbocycles. The summed E-state index contributed by atoms with van der Waals surface area (Å²) in [7, 11) is 0. The average molecular weight is 1050 g/mol. The van der Waals surface area contributed by atoms with E-state index in [1.54, 1.807) is 0 Å². The predicted molar refractivity (Wildman–Crippen MR) is 325 cm³/mol. The van der Waals surface area contributed by atoms with Crippen molar-refractivity contribution < 1.29 is 28.6 Å². The van der Waals surface area contributed by atoms with Crippen molar-refractivity contribution in [3.63, 3.8) is 0 Å². The van der Waals surface area contributed by atoms with E-state index in [0.29, 0.717) is 19.3 Å². The lowest BCUT2D eigenvalue weighted by atomic mass is 10.0. The molecule has 0 aliphatic heterocycles. The minimum Gasteiger partial charge on any atom is -0.462 e. The van der Waals surface area contributed by atoms with E-state index in [1.165, 1.54) is 231 Å². The molecule has 438 valence electrons. The standard InChI is InChI=1S/C69H126O6/c1-4-7-10-13-16-19-22-24-26-28-30-32-33-34-35-37-38-40-42-44-47-50-53-56-59-62-68(71)74-65-66(64-73-67(70)61-58-55-52-49-46-21-18-15-12-9-6-3)75-69(72)63-60-57-54-51-48-45-43-41-39-36-31-29-27-25-23-20-17-14-11-8-5-2/h15,18,23,25,29,31,39,41,66H,4-14,16-17,19-22,24,26-28,30,32-38,40,42-65H2,1-3H3/b18-15-,25-23-,31-29-,41-39-. The highest BCUT2D eigenvalue weighted by Gasteiger charge is 2.19. The van der Waals surface area contributed by atoms with E-state index in [9.17, 15) is 14.4 Å². The van der Waals surface area contributed by atoms with E-state index in [1.807, 2.05) is 0 Å². The molecule has 0 spiro atoms. The van der Waals surface area contributed by atoms with Crippen molar-refractivity contribution in [1.82, 2.24) is 0 Å². The molecule has 0 radical (unpaired) electrons. The van der Waals surface area contributed by atoms with Crippen LogP contribution in [0, 0.1) is 0 Å². The van der Waals surface area contributed by atoms with Crippen LogP contribution >= 0.6 is 0 Å². The lowest BCUT2D eigenvalue weighted by Crippen LogP contribution is -2.30. The quantitative estimate of drug-likeness (QED) is 0.0261. The van der Waals surface area contributed by atoms with Gasteiger partial charge >= 0.3 is 17.9 Å². The number of rotatable bonds is 61. The summed E-state index contributed by atoms with van der Waals surface area (Å²) in [6, 6.07) is 0. The second kappa shape index (κ2) is 63.9. The van der Waals surface area contributed by atoms with Crippen LogP contribution in [0.4, 0.5) is 0 Å². The van der Waals surface area contributed by atoms with Crippen molar-refractivity contribution in [2.75, 3.05) is 13.2 Å². The summed E-state index contributed by atoms with van der Waals surface area (Å²) < 4.78 is 16.9. The van der Waals surface area contributed by atoms with Crippen LogP contribution < -0.4 is 0 Å². The van der Waals surface area contributed by atoms with Gasteiger partial charge in [-0.3, -0.25) is 14.4 Å². The van der Waals surface area contributed by atoms with Gasteiger partial charge in [0.05, 0.1) is 0 Å². The van der Waals surface area contributed by atoms with E-state index >= 15 is 0 Å². The Balaban J connectivity index is 4.23. The maximum Gasteiger partial charge on any atom is 0.306 e. The number of hydrogen-bond acceptors (Lipinski definition) is 6. The molecule has 0 saturated carbocycles. The molecule has 0 aromatic carbocycles. The number of unbranched alkanes of at least 4 members (excludes halogenated alkanes) is 42. The zero-order valence-corrected chi connectivity index (χ0v) is 50.3. The molecule has 0 N–H and O–H groups in total. The molecule has 0 fully saturated rings. The largest absolute Gasteiger partial charge is 0.462 e. The Labute approximate surface area is 467 Å². The Morgan fingerprint density at radius 1 is 0.267 bits per heavy atom. The zero-order chi connectivity index (χ0) is 54.3. The molecule has 0 heterocycles. The van der Waals surface area contributed by atoms with Crippen LogP contribution in [0.25, 0.3) is 0 Å². The fraction of sp³-hybridized carbons (Fsp3) is 0.841. The van der Waals surface area contributed by atoms with E-state index < -0.39 is 6.10 Å². The van der Waals surface area contributed by atoms with E-state index in [-0.39, 0.29) is 31.1 Å². The van der Waals surface area contributed by atoms with Gasteiger partial charge in [-0.15, -0.1) is 0 Å². The van der Waals surface area contributed by atoms with Crippen LogP contribution in [0.1, 0.15) is 355 Å². The number of esters is 3. The summed E-state index contributed by atoms with van der Waals surface area (Å²) in [5.41, 5.74) is 0. The topological polar surface area (TPSA) is 78.9 Å². The van der Waals surface area contributed by atoms with Crippen LogP contribution in [0.3, 0.4) is 0 Å².